The summed E-state index contributed by atoms with van der Waals surface area (Å²) in [5, 5.41) is 6.93. The van der Waals surface area contributed by atoms with Gasteiger partial charge in [-0.05, 0) is 25.2 Å². The van der Waals surface area contributed by atoms with Crippen LogP contribution in [0.2, 0.25) is 0 Å². The molecule has 6 nitrogen and oxygen atoms in total. The lowest BCUT2D eigenvalue weighted by molar-refractivity contribution is 0.240. The summed E-state index contributed by atoms with van der Waals surface area (Å²) in [4.78, 5) is 4.21. The van der Waals surface area contributed by atoms with Gasteiger partial charge in [-0.25, -0.2) is 0 Å². The molecule has 1 aromatic heterocycles. The molecule has 0 aliphatic carbocycles. The molecule has 0 saturated heterocycles. The van der Waals surface area contributed by atoms with Crippen LogP contribution in [0.4, 0.5) is 0 Å². The molecule has 0 aliphatic heterocycles. The second-order valence-electron chi connectivity index (χ2n) is 4.25. The van der Waals surface area contributed by atoms with E-state index in [1.54, 1.807) is 7.11 Å². The molecule has 0 saturated carbocycles. The van der Waals surface area contributed by atoms with E-state index in [1.807, 2.05) is 32.2 Å². The molecule has 0 spiro atoms. The van der Waals surface area contributed by atoms with Gasteiger partial charge in [0.05, 0.1) is 7.11 Å². The molecular formula is C14H19N3O3. The molecule has 1 heterocycles. The topological polar surface area (TPSA) is 69.4 Å². The Morgan fingerprint density at radius 2 is 2.20 bits per heavy atom. The molecule has 1 aromatic carbocycles. The average molecular weight is 277 g/mol. The van der Waals surface area contributed by atoms with E-state index in [0.29, 0.717) is 18.3 Å². The molecule has 0 aliphatic rings. The molecule has 6 heteroatoms. The third-order valence-electron chi connectivity index (χ3n) is 2.81. The van der Waals surface area contributed by atoms with E-state index in [0.717, 1.165) is 23.5 Å². The molecule has 0 radical (unpaired) electrons. The predicted octanol–water partition coefficient (Wildman–Crippen LogP) is 1.94. The van der Waals surface area contributed by atoms with Crippen LogP contribution in [0.1, 0.15) is 24.2 Å². The summed E-state index contributed by atoms with van der Waals surface area (Å²) in [6.07, 6.45) is 0.747. The number of aromatic nitrogens is 2. The van der Waals surface area contributed by atoms with Crippen molar-refractivity contribution in [3.8, 4) is 11.5 Å². The summed E-state index contributed by atoms with van der Waals surface area (Å²) in [6.45, 7) is 2.93. The van der Waals surface area contributed by atoms with Gasteiger partial charge in [0.1, 0.15) is 11.5 Å². The monoisotopic (exact) mass is 277 g/mol. The standard InChI is InChI=1S/C14H19N3O3/c1-4-13-16-14(20-17-13)9-19-12-6-5-11(18-3)7-10(12)8-15-2/h5-7,15H,4,8-9H2,1-3H3. The van der Waals surface area contributed by atoms with Crippen LogP contribution in [0.5, 0.6) is 11.5 Å². The number of benzene rings is 1. The highest BCUT2D eigenvalue weighted by molar-refractivity contribution is 5.40. The Morgan fingerprint density at radius 1 is 1.35 bits per heavy atom. The Morgan fingerprint density at radius 3 is 2.85 bits per heavy atom. The maximum atomic E-state index is 5.74. The summed E-state index contributed by atoms with van der Waals surface area (Å²) in [5.74, 6) is 2.74. The van der Waals surface area contributed by atoms with Crippen molar-refractivity contribution in [3.05, 3.63) is 35.5 Å². The Hall–Kier alpha value is -2.08. The van der Waals surface area contributed by atoms with Crippen molar-refractivity contribution in [2.45, 2.75) is 26.5 Å². The fourth-order valence-electron chi connectivity index (χ4n) is 1.78. The molecule has 20 heavy (non-hydrogen) atoms. The number of nitrogens with zero attached hydrogens (tertiary/aromatic N) is 2. The third-order valence-corrected chi connectivity index (χ3v) is 2.81. The number of nitrogens with one attached hydrogen (secondary N) is 1. The van der Waals surface area contributed by atoms with Crippen LogP contribution in [-0.2, 0) is 19.6 Å². The smallest absolute Gasteiger partial charge is 0.264 e. The van der Waals surface area contributed by atoms with Gasteiger partial charge in [-0.1, -0.05) is 12.1 Å². The van der Waals surface area contributed by atoms with Gasteiger partial charge in [-0.15, -0.1) is 0 Å². The van der Waals surface area contributed by atoms with Crippen molar-refractivity contribution in [2.75, 3.05) is 14.2 Å². The highest BCUT2D eigenvalue weighted by atomic mass is 16.5. The first-order valence-electron chi connectivity index (χ1n) is 6.52. The first kappa shape index (κ1) is 14.3. The second-order valence-corrected chi connectivity index (χ2v) is 4.25. The minimum absolute atomic E-state index is 0.260. The first-order valence-corrected chi connectivity index (χ1v) is 6.52. The highest BCUT2D eigenvalue weighted by Gasteiger charge is 2.09. The SMILES string of the molecule is CCc1noc(COc2ccc(OC)cc2CNC)n1. The van der Waals surface area contributed by atoms with Crippen LogP contribution in [0, 0.1) is 0 Å². The minimum Gasteiger partial charge on any atom is -0.497 e. The molecule has 0 unspecified atom stereocenters. The zero-order chi connectivity index (χ0) is 14.4. The zero-order valence-electron chi connectivity index (χ0n) is 12.0. The minimum atomic E-state index is 0.260. The number of hydrogen-bond donors (Lipinski definition) is 1. The molecule has 2 aromatic rings. The van der Waals surface area contributed by atoms with Crippen molar-refractivity contribution >= 4 is 0 Å². The lowest BCUT2D eigenvalue weighted by Gasteiger charge is -2.11. The molecule has 1 N–H and O–H groups in total. The molecule has 0 fully saturated rings. The fourth-order valence-corrected chi connectivity index (χ4v) is 1.78. The Bertz CT molecular complexity index is 554. The van der Waals surface area contributed by atoms with Crippen molar-refractivity contribution in [2.24, 2.45) is 0 Å². The van der Waals surface area contributed by atoms with Gasteiger partial charge < -0.3 is 19.3 Å². The summed E-state index contributed by atoms with van der Waals surface area (Å²) < 4.78 is 16.0. The summed E-state index contributed by atoms with van der Waals surface area (Å²) in [6, 6.07) is 5.68. The van der Waals surface area contributed by atoms with E-state index < -0.39 is 0 Å². The van der Waals surface area contributed by atoms with Crippen LogP contribution in [0.25, 0.3) is 0 Å². The van der Waals surface area contributed by atoms with Gasteiger partial charge in [0.25, 0.3) is 5.89 Å². The summed E-state index contributed by atoms with van der Waals surface area (Å²) in [7, 11) is 3.53. The van der Waals surface area contributed by atoms with Crippen LogP contribution in [0.3, 0.4) is 0 Å². The molecule has 0 amide bonds. The van der Waals surface area contributed by atoms with E-state index in [2.05, 4.69) is 15.5 Å². The Kier molecular flexibility index (Phi) is 4.95. The quantitative estimate of drug-likeness (QED) is 0.834. The van der Waals surface area contributed by atoms with E-state index in [4.69, 9.17) is 14.0 Å². The Labute approximate surface area is 118 Å². The van der Waals surface area contributed by atoms with Gasteiger partial charge in [0.2, 0.25) is 0 Å². The van der Waals surface area contributed by atoms with Crippen molar-refractivity contribution < 1.29 is 14.0 Å². The second kappa shape index (κ2) is 6.91. The van der Waals surface area contributed by atoms with Gasteiger partial charge in [0, 0.05) is 18.5 Å². The number of rotatable bonds is 7. The molecular weight excluding hydrogens is 258 g/mol. The lowest BCUT2D eigenvalue weighted by atomic mass is 10.2. The molecule has 2 rings (SSSR count). The molecule has 0 atom stereocenters. The maximum Gasteiger partial charge on any atom is 0.264 e. The lowest BCUT2D eigenvalue weighted by Crippen LogP contribution is -2.08. The normalized spacial score (nSPS) is 10.6. The number of hydrogen-bond acceptors (Lipinski definition) is 6. The van der Waals surface area contributed by atoms with E-state index >= 15 is 0 Å². The van der Waals surface area contributed by atoms with E-state index in [1.165, 1.54) is 0 Å². The first-order chi connectivity index (χ1) is 9.76. The number of ether oxygens (including phenoxy) is 2. The van der Waals surface area contributed by atoms with Gasteiger partial charge in [0.15, 0.2) is 12.4 Å². The van der Waals surface area contributed by atoms with Crippen molar-refractivity contribution in [1.82, 2.24) is 15.5 Å². The van der Waals surface area contributed by atoms with Gasteiger partial charge >= 0.3 is 0 Å². The third kappa shape index (κ3) is 3.48. The largest absolute Gasteiger partial charge is 0.497 e. The molecule has 0 bridgehead atoms. The zero-order valence-corrected chi connectivity index (χ0v) is 12.0. The van der Waals surface area contributed by atoms with Crippen molar-refractivity contribution in [1.29, 1.82) is 0 Å². The maximum absolute atomic E-state index is 5.74. The number of methoxy groups -OCH3 is 1. The average Bonchev–Trinajstić information content (AvgIpc) is 2.94. The fraction of sp³-hybridized carbons (Fsp3) is 0.429. The molecule has 108 valence electrons. The van der Waals surface area contributed by atoms with Crippen LogP contribution >= 0.6 is 0 Å². The van der Waals surface area contributed by atoms with Crippen LogP contribution in [0.15, 0.2) is 22.7 Å². The highest BCUT2D eigenvalue weighted by Crippen LogP contribution is 2.24. The van der Waals surface area contributed by atoms with Gasteiger partial charge in [-0.3, -0.25) is 0 Å². The van der Waals surface area contributed by atoms with Crippen LogP contribution < -0.4 is 14.8 Å². The Balaban J connectivity index is 2.07. The van der Waals surface area contributed by atoms with Crippen LogP contribution in [-0.4, -0.2) is 24.3 Å². The summed E-state index contributed by atoms with van der Waals surface area (Å²) in [5.41, 5.74) is 1.02. The van der Waals surface area contributed by atoms with Crippen molar-refractivity contribution in [3.63, 3.8) is 0 Å². The van der Waals surface area contributed by atoms with E-state index in [-0.39, 0.29) is 6.61 Å². The predicted molar refractivity (Wildman–Crippen MR) is 73.8 cm³/mol. The number of aryl methyl sites for hydroxylation is 1. The summed E-state index contributed by atoms with van der Waals surface area (Å²) >= 11 is 0. The van der Waals surface area contributed by atoms with Gasteiger partial charge in [-0.2, -0.15) is 4.98 Å². The van der Waals surface area contributed by atoms with E-state index in [9.17, 15) is 0 Å².